The van der Waals surface area contributed by atoms with Gasteiger partial charge >= 0.3 is 0 Å². The smallest absolute Gasteiger partial charge is 0.0761 e. The van der Waals surface area contributed by atoms with Gasteiger partial charge in [-0.05, 0) is 25.1 Å². The number of aromatic nitrogens is 2. The highest BCUT2D eigenvalue weighted by molar-refractivity contribution is 9.10. The predicted molar refractivity (Wildman–Crippen MR) is 73.5 cm³/mol. The van der Waals surface area contributed by atoms with Crippen LogP contribution in [0, 0.1) is 6.92 Å². The lowest BCUT2D eigenvalue weighted by Gasteiger charge is -2.07. The molecule has 17 heavy (non-hydrogen) atoms. The molecule has 0 radical (unpaired) electrons. The highest BCUT2D eigenvalue weighted by Crippen LogP contribution is 2.20. The molecule has 3 N–H and O–H groups in total. The molecule has 0 aliphatic heterocycles. The summed E-state index contributed by atoms with van der Waals surface area (Å²) in [7, 11) is 0. The Balaban J connectivity index is 2.30. The van der Waals surface area contributed by atoms with Crippen LogP contribution in [-0.4, -0.2) is 22.9 Å². The van der Waals surface area contributed by atoms with Gasteiger partial charge in [-0.25, -0.2) is 4.68 Å². The zero-order valence-electron chi connectivity index (χ0n) is 9.65. The molecule has 0 spiro atoms. The Bertz CT molecular complexity index is 507. The maximum atomic E-state index is 5.47. The molecule has 5 heteroatoms. The third-order valence-electron chi connectivity index (χ3n) is 2.52. The number of hydrogen-bond acceptors (Lipinski definition) is 3. The second kappa shape index (κ2) is 5.33. The van der Waals surface area contributed by atoms with E-state index in [0.29, 0.717) is 6.54 Å². The van der Waals surface area contributed by atoms with Gasteiger partial charge < -0.3 is 11.1 Å². The van der Waals surface area contributed by atoms with E-state index in [1.807, 2.05) is 42.1 Å². The summed E-state index contributed by atoms with van der Waals surface area (Å²) < 4.78 is 2.95. The summed E-state index contributed by atoms with van der Waals surface area (Å²) in [6, 6.07) is 8.05. The van der Waals surface area contributed by atoms with Crippen LogP contribution in [0.4, 0.5) is 5.69 Å². The Morgan fingerprint density at radius 2 is 2.29 bits per heavy atom. The Kier molecular flexibility index (Phi) is 3.81. The third kappa shape index (κ3) is 2.68. The van der Waals surface area contributed by atoms with Crippen LogP contribution in [0.1, 0.15) is 5.69 Å². The lowest BCUT2D eigenvalue weighted by atomic mass is 10.3. The average Bonchev–Trinajstić information content (AvgIpc) is 2.68. The number of hydrogen-bond donors (Lipinski definition) is 2. The molecule has 0 bridgehead atoms. The lowest BCUT2D eigenvalue weighted by molar-refractivity contribution is 0.846. The van der Waals surface area contributed by atoms with Gasteiger partial charge in [-0.15, -0.1) is 0 Å². The highest BCUT2D eigenvalue weighted by Gasteiger charge is 2.07. The SMILES string of the molecule is Cc1c(NCCN)cnn1-c1cccc(Br)c1. The fraction of sp³-hybridized carbons (Fsp3) is 0.250. The van der Waals surface area contributed by atoms with Crippen molar-refractivity contribution in [3.8, 4) is 5.69 Å². The highest BCUT2D eigenvalue weighted by atomic mass is 79.9. The molecule has 1 heterocycles. The second-order valence-electron chi connectivity index (χ2n) is 3.75. The molecule has 0 amide bonds. The Morgan fingerprint density at radius 3 is 3.00 bits per heavy atom. The molecule has 0 saturated heterocycles. The van der Waals surface area contributed by atoms with Crippen molar-refractivity contribution >= 4 is 21.6 Å². The van der Waals surface area contributed by atoms with E-state index in [9.17, 15) is 0 Å². The van der Waals surface area contributed by atoms with Gasteiger partial charge in [0.05, 0.1) is 23.3 Å². The molecule has 0 aliphatic carbocycles. The van der Waals surface area contributed by atoms with Crippen molar-refractivity contribution in [1.29, 1.82) is 0 Å². The maximum absolute atomic E-state index is 5.47. The number of nitrogens with zero attached hydrogens (tertiary/aromatic N) is 2. The summed E-state index contributed by atoms with van der Waals surface area (Å²) >= 11 is 3.46. The predicted octanol–water partition coefficient (Wildman–Crippen LogP) is 2.31. The molecule has 0 atom stereocenters. The van der Waals surface area contributed by atoms with Gasteiger partial charge in [-0.3, -0.25) is 0 Å². The zero-order valence-corrected chi connectivity index (χ0v) is 11.2. The van der Waals surface area contributed by atoms with Gasteiger partial charge in [-0.1, -0.05) is 22.0 Å². The molecule has 90 valence electrons. The van der Waals surface area contributed by atoms with E-state index in [2.05, 4.69) is 26.3 Å². The maximum Gasteiger partial charge on any atom is 0.0761 e. The van der Waals surface area contributed by atoms with Gasteiger partial charge in [0, 0.05) is 17.6 Å². The molecular formula is C12H15BrN4. The number of nitrogens with two attached hydrogens (primary N) is 1. The molecule has 4 nitrogen and oxygen atoms in total. The molecule has 0 fully saturated rings. The van der Waals surface area contributed by atoms with E-state index in [-0.39, 0.29) is 0 Å². The lowest BCUT2D eigenvalue weighted by Crippen LogP contribution is -2.13. The number of rotatable bonds is 4. The van der Waals surface area contributed by atoms with Crippen molar-refractivity contribution in [3.05, 3.63) is 40.6 Å². The van der Waals surface area contributed by atoms with Crippen molar-refractivity contribution < 1.29 is 0 Å². The standard InChI is InChI=1S/C12H15BrN4/c1-9-12(15-6-5-14)8-16-17(9)11-4-2-3-10(13)7-11/h2-4,7-8,15H,5-6,14H2,1H3. The minimum absolute atomic E-state index is 0.613. The quantitative estimate of drug-likeness (QED) is 0.910. The van der Waals surface area contributed by atoms with Gasteiger partial charge in [-0.2, -0.15) is 5.10 Å². The number of halogens is 1. The minimum Gasteiger partial charge on any atom is -0.381 e. The van der Waals surface area contributed by atoms with E-state index in [1.165, 1.54) is 0 Å². The average molecular weight is 295 g/mol. The van der Waals surface area contributed by atoms with E-state index in [0.717, 1.165) is 28.1 Å². The molecule has 0 saturated carbocycles. The monoisotopic (exact) mass is 294 g/mol. The topological polar surface area (TPSA) is 55.9 Å². The fourth-order valence-corrected chi connectivity index (χ4v) is 2.05. The van der Waals surface area contributed by atoms with Crippen LogP contribution in [0.15, 0.2) is 34.9 Å². The number of nitrogens with one attached hydrogen (secondary N) is 1. The largest absolute Gasteiger partial charge is 0.381 e. The number of benzene rings is 1. The van der Waals surface area contributed by atoms with E-state index in [4.69, 9.17) is 5.73 Å². The van der Waals surface area contributed by atoms with E-state index < -0.39 is 0 Å². The van der Waals surface area contributed by atoms with Gasteiger partial charge in [0.2, 0.25) is 0 Å². The van der Waals surface area contributed by atoms with E-state index >= 15 is 0 Å². The first kappa shape index (κ1) is 12.1. The van der Waals surface area contributed by atoms with Crippen LogP contribution in [-0.2, 0) is 0 Å². The second-order valence-corrected chi connectivity index (χ2v) is 4.67. The summed E-state index contributed by atoms with van der Waals surface area (Å²) in [5.74, 6) is 0. The summed E-state index contributed by atoms with van der Waals surface area (Å²) in [5, 5.41) is 7.62. The normalized spacial score (nSPS) is 10.5. The zero-order chi connectivity index (χ0) is 12.3. The van der Waals surface area contributed by atoms with Crippen molar-refractivity contribution in [2.75, 3.05) is 18.4 Å². The van der Waals surface area contributed by atoms with Crippen LogP contribution < -0.4 is 11.1 Å². The molecule has 0 unspecified atom stereocenters. The van der Waals surface area contributed by atoms with Crippen LogP contribution in [0.2, 0.25) is 0 Å². The Hall–Kier alpha value is -1.33. The molecule has 1 aromatic carbocycles. The fourth-order valence-electron chi connectivity index (χ4n) is 1.66. The van der Waals surface area contributed by atoms with Crippen LogP contribution in [0.3, 0.4) is 0 Å². The van der Waals surface area contributed by atoms with Crippen LogP contribution >= 0.6 is 15.9 Å². The van der Waals surface area contributed by atoms with Crippen molar-refractivity contribution in [2.45, 2.75) is 6.92 Å². The summed E-state index contributed by atoms with van der Waals surface area (Å²) in [4.78, 5) is 0. The first-order valence-corrected chi connectivity index (χ1v) is 6.26. The molecule has 2 rings (SSSR count). The van der Waals surface area contributed by atoms with E-state index in [1.54, 1.807) is 0 Å². The molecule has 2 aromatic rings. The number of anilines is 1. The first-order valence-electron chi connectivity index (χ1n) is 5.47. The summed E-state index contributed by atoms with van der Waals surface area (Å²) in [6.07, 6.45) is 1.83. The first-order chi connectivity index (χ1) is 8.22. The van der Waals surface area contributed by atoms with Crippen molar-refractivity contribution in [1.82, 2.24) is 9.78 Å². The summed E-state index contributed by atoms with van der Waals surface area (Å²) in [5.41, 5.74) is 8.61. The summed E-state index contributed by atoms with van der Waals surface area (Å²) in [6.45, 7) is 3.40. The van der Waals surface area contributed by atoms with Crippen molar-refractivity contribution in [2.24, 2.45) is 5.73 Å². The Labute approximate surface area is 109 Å². The van der Waals surface area contributed by atoms with Crippen molar-refractivity contribution in [3.63, 3.8) is 0 Å². The molecule has 1 aromatic heterocycles. The molecular weight excluding hydrogens is 280 g/mol. The van der Waals surface area contributed by atoms with Crippen LogP contribution in [0.25, 0.3) is 5.69 Å². The van der Waals surface area contributed by atoms with Crippen LogP contribution in [0.5, 0.6) is 0 Å². The third-order valence-corrected chi connectivity index (χ3v) is 3.02. The Morgan fingerprint density at radius 1 is 1.47 bits per heavy atom. The minimum atomic E-state index is 0.613. The van der Waals surface area contributed by atoms with Gasteiger partial charge in [0.25, 0.3) is 0 Å². The van der Waals surface area contributed by atoms with Gasteiger partial charge in [0.15, 0.2) is 0 Å². The molecule has 0 aliphatic rings. The van der Waals surface area contributed by atoms with Gasteiger partial charge in [0.1, 0.15) is 0 Å².